The van der Waals surface area contributed by atoms with Crippen LogP contribution in [-0.2, 0) is 14.8 Å². The lowest BCUT2D eigenvalue weighted by Crippen LogP contribution is -2.40. The first-order valence-electron chi connectivity index (χ1n) is 11.2. The molecule has 1 aliphatic rings. The maximum absolute atomic E-state index is 14.0. The van der Waals surface area contributed by atoms with Crippen molar-refractivity contribution in [3.05, 3.63) is 65.2 Å². The number of rotatable bonds is 8. The van der Waals surface area contributed by atoms with Crippen molar-refractivity contribution >= 4 is 27.8 Å². The number of hydrogen-bond acceptors (Lipinski definition) is 4. The second-order valence-electron chi connectivity index (χ2n) is 8.66. The molecule has 5 atom stereocenters. The summed E-state index contributed by atoms with van der Waals surface area (Å²) >= 11 is 1.61. The van der Waals surface area contributed by atoms with Crippen molar-refractivity contribution in [1.82, 2.24) is 4.31 Å². The summed E-state index contributed by atoms with van der Waals surface area (Å²) in [6, 6.07) is 13.2. The molecule has 0 aromatic heterocycles. The van der Waals surface area contributed by atoms with Crippen LogP contribution >= 0.6 is 11.8 Å². The van der Waals surface area contributed by atoms with Crippen LogP contribution in [0.5, 0.6) is 0 Å². The number of aryl methyl sites for hydroxylation is 2. The number of thioether (sulfide) groups is 1. The van der Waals surface area contributed by atoms with Crippen LogP contribution in [0.25, 0.3) is 0 Å². The van der Waals surface area contributed by atoms with Gasteiger partial charge in [0.2, 0.25) is 10.0 Å². The minimum absolute atomic E-state index is 0.206. The number of aliphatic carboxylic acids is 1. The quantitative estimate of drug-likeness (QED) is 0.551. The monoisotopic (exact) mass is 475 g/mol. The van der Waals surface area contributed by atoms with Gasteiger partial charge < -0.3 is 5.11 Å². The van der Waals surface area contributed by atoms with Crippen molar-refractivity contribution in [1.29, 1.82) is 0 Å². The number of carboxylic acid groups (broad SMARTS) is 1. The first-order chi connectivity index (χ1) is 15.1. The molecule has 1 N–H and O–H groups in total. The van der Waals surface area contributed by atoms with E-state index in [-0.39, 0.29) is 15.4 Å². The van der Waals surface area contributed by atoms with E-state index in [0.717, 1.165) is 23.1 Å². The third-order valence-corrected chi connectivity index (χ3v) is 10.00. The lowest BCUT2D eigenvalue weighted by atomic mass is 9.92. The molecule has 0 bridgehead atoms. The van der Waals surface area contributed by atoms with Crippen molar-refractivity contribution in [3.63, 3.8) is 0 Å². The van der Waals surface area contributed by atoms with E-state index in [4.69, 9.17) is 0 Å². The van der Waals surface area contributed by atoms with Gasteiger partial charge in [0.25, 0.3) is 0 Å². The average Bonchev–Trinajstić information content (AvgIpc) is 3.09. The molecule has 0 saturated carbocycles. The molecule has 1 fully saturated rings. The maximum atomic E-state index is 14.0. The molecule has 0 radical (unpaired) electrons. The fourth-order valence-electron chi connectivity index (χ4n) is 4.43. The highest BCUT2D eigenvalue weighted by atomic mass is 32.2. The summed E-state index contributed by atoms with van der Waals surface area (Å²) < 4.78 is 29.4. The van der Waals surface area contributed by atoms with Gasteiger partial charge in [0.1, 0.15) is 0 Å². The maximum Gasteiger partial charge on any atom is 0.309 e. The Labute approximate surface area is 196 Å². The Morgan fingerprint density at radius 3 is 2.03 bits per heavy atom. The molecule has 5 nitrogen and oxygen atoms in total. The van der Waals surface area contributed by atoms with Gasteiger partial charge in [0.15, 0.2) is 0 Å². The van der Waals surface area contributed by atoms with Gasteiger partial charge in [-0.05, 0) is 44.4 Å². The molecule has 174 valence electrons. The number of sulfonamides is 1. The van der Waals surface area contributed by atoms with Gasteiger partial charge in [-0.2, -0.15) is 16.1 Å². The SMILES string of the molecule is CCC(C)S[C@H]1[C@@H](C(=O)O)[C@H](c2ccc(C)cc2)N(S(=O)(=O)c2ccc(C)cc2)[C@@H]1CC. The van der Waals surface area contributed by atoms with Crippen LogP contribution in [0.15, 0.2) is 53.4 Å². The third-order valence-electron chi connectivity index (χ3n) is 6.36. The second kappa shape index (κ2) is 9.98. The molecule has 1 aliphatic heterocycles. The molecule has 0 amide bonds. The fourth-order valence-corrected chi connectivity index (χ4v) is 8.09. The summed E-state index contributed by atoms with van der Waals surface area (Å²) in [6.45, 7) is 9.97. The third kappa shape index (κ3) is 4.75. The van der Waals surface area contributed by atoms with Gasteiger partial charge in [0, 0.05) is 16.5 Å². The Bertz CT molecular complexity index is 1030. The molecule has 3 rings (SSSR count). The van der Waals surface area contributed by atoms with Gasteiger partial charge >= 0.3 is 5.97 Å². The molecule has 1 saturated heterocycles. The van der Waals surface area contributed by atoms with E-state index in [9.17, 15) is 18.3 Å². The van der Waals surface area contributed by atoms with Gasteiger partial charge in [0.05, 0.1) is 16.9 Å². The van der Waals surface area contributed by atoms with Crippen molar-refractivity contribution < 1.29 is 18.3 Å². The highest BCUT2D eigenvalue weighted by molar-refractivity contribution is 8.00. The molecule has 2 aromatic carbocycles. The summed E-state index contributed by atoms with van der Waals surface area (Å²) in [5, 5.41) is 10.2. The fraction of sp³-hybridized carbons (Fsp3) is 0.480. The lowest BCUT2D eigenvalue weighted by molar-refractivity contribution is -0.142. The molecule has 1 heterocycles. The molecule has 1 unspecified atom stereocenters. The number of hydrogen-bond donors (Lipinski definition) is 1. The van der Waals surface area contributed by atoms with E-state index < -0.39 is 34.0 Å². The molecule has 2 aromatic rings. The topological polar surface area (TPSA) is 74.7 Å². The van der Waals surface area contributed by atoms with Crippen LogP contribution in [0.1, 0.15) is 56.3 Å². The number of nitrogens with zero attached hydrogens (tertiary/aromatic N) is 1. The minimum atomic E-state index is -3.91. The first-order valence-corrected chi connectivity index (χ1v) is 13.5. The van der Waals surface area contributed by atoms with E-state index >= 15 is 0 Å². The van der Waals surface area contributed by atoms with Crippen molar-refractivity contribution in [2.45, 2.75) is 74.9 Å². The van der Waals surface area contributed by atoms with E-state index in [1.54, 1.807) is 36.0 Å². The smallest absolute Gasteiger partial charge is 0.309 e. The van der Waals surface area contributed by atoms with Gasteiger partial charge in [-0.15, -0.1) is 0 Å². The Kier molecular flexibility index (Phi) is 7.73. The zero-order valence-electron chi connectivity index (χ0n) is 19.4. The van der Waals surface area contributed by atoms with Crippen molar-refractivity contribution in [3.8, 4) is 0 Å². The molecule has 7 heteroatoms. The van der Waals surface area contributed by atoms with Crippen molar-refractivity contribution in [2.24, 2.45) is 5.92 Å². The zero-order chi connectivity index (χ0) is 23.6. The number of benzene rings is 2. The average molecular weight is 476 g/mol. The van der Waals surface area contributed by atoms with Crippen LogP contribution in [0.4, 0.5) is 0 Å². The second-order valence-corrected chi connectivity index (χ2v) is 12.1. The van der Waals surface area contributed by atoms with E-state index in [1.807, 2.05) is 45.0 Å². The summed E-state index contributed by atoms with van der Waals surface area (Å²) in [5.41, 5.74) is 2.75. The summed E-state index contributed by atoms with van der Waals surface area (Å²) in [7, 11) is -3.91. The molecular formula is C25H33NO4S2. The highest BCUT2D eigenvalue weighted by Crippen LogP contribution is 2.51. The Balaban J connectivity index is 2.22. The summed E-state index contributed by atoms with van der Waals surface area (Å²) in [4.78, 5) is 12.8. The van der Waals surface area contributed by atoms with Crippen LogP contribution < -0.4 is 0 Å². The van der Waals surface area contributed by atoms with Crippen LogP contribution in [-0.4, -0.2) is 40.3 Å². The minimum Gasteiger partial charge on any atom is -0.481 e. The van der Waals surface area contributed by atoms with Crippen LogP contribution in [0.3, 0.4) is 0 Å². The normalized spacial score (nSPS) is 25.0. The first kappa shape index (κ1) is 24.8. The Morgan fingerprint density at radius 1 is 1.03 bits per heavy atom. The Morgan fingerprint density at radius 2 is 1.56 bits per heavy atom. The van der Waals surface area contributed by atoms with Crippen LogP contribution in [0.2, 0.25) is 0 Å². The molecule has 0 spiro atoms. The van der Waals surface area contributed by atoms with Gasteiger partial charge in [-0.25, -0.2) is 8.42 Å². The predicted octanol–water partition coefficient (Wildman–Crippen LogP) is 5.43. The largest absolute Gasteiger partial charge is 0.481 e. The number of carbonyl (C=O) groups is 1. The van der Waals surface area contributed by atoms with Crippen LogP contribution in [0, 0.1) is 19.8 Å². The van der Waals surface area contributed by atoms with Gasteiger partial charge in [-0.1, -0.05) is 68.3 Å². The van der Waals surface area contributed by atoms with Crippen molar-refractivity contribution in [2.75, 3.05) is 0 Å². The summed E-state index contributed by atoms with van der Waals surface area (Å²) in [5.74, 6) is -1.78. The molecule has 0 aliphatic carbocycles. The molecule has 32 heavy (non-hydrogen) atoms. The highest BCUT2D eigenvalue weighted by Gasteiger charge is 2.57. The molecular weight excluding hydrogens is 442 g/mol. The van der Waals surface area contributed by atoms with E-state index in [2.05, 4.69) is 13.8 Å². The Hall–Kier alpha value is -1.83. The van der Waals surface area contributed by atoms with E-state index in [0.29, 0.717) is 6.42 Å². The van der Waals surface area contributed by atoms with Gasteiger partial charge in [-0.3, -0.25) is 4.79 Å². The summed E-state index contributed by atoms with van der Waals surface area (Å²) in [6.07, 6.45) is 1.44. The standard InChI is InChI=1S/C25H33NO4S2/c1-6-18(5)31-24-21(7-2)26(32(29,30)20-14-10-17(4)11-15-20)23(22(24)25(27)28)19-12-8-16(3)9-13-19/h8-15,18,21-24H,6-7H2,1-5H3,(H,27,28)/t18?,21-,22+,23+,24-/m1/s1. The van der Waals surface area contributed by atoms with E-state index in [1.165, 1.54) is 4.31 Å². The zero-order valence-corrected chi connectivity index (χ0v) is 21.0. The lowest BCUT2D eigenvalue weighted by Gasteiger charge is -2.30. The number of carboxylic acids is 1. The predicted molar refractivity (Wildman–Crippen MR) is 130 cm³/mol.